The van der Waals surface area contributed by atoms with E-state index in [0.717, 1.165) is 5.56 Å². The summed E-state index contributed by atoms with van der Waals surface area (Å²) in [7, 11) is 0. The average Bonchev–Trinajstić information content (AvgIpc) is 3.53. The number of hydrogen-bond acceptors (Lipinski definition) is 12. The second-order valence-electron chi connectivity index (χ2n) is 11.2. The normalized spacial score (nSPS) is 46.3. The molecule has 0 aliphatic carbocycles. The number of hydrogen-bond donors (Lipinski definition) is 0. The van der Waals surface area contributed by atoms with E-state index in [0.29, 0.717) is 0 Å². The van der Waals surface area contributed by atoms with Gasteiger partial charge in [-0.25, -0.2) is 4.79 Å². The van der Waals surface area contributed by atoms with Crippen LogP contribution in [0.4, 0.5) is 4.79 Å². The third-order valence-electron chi connectivity index (χ3n) is 7.50. The molecule has 0 aromatic heterocycles. The van der Waals surface area contributed by atoms with Crippen molar-refractivity contribution in [2.45, 2.75) is 107 Å². The van der Waals surface area contributed by atoms with Crippen molar-refractivity contribution in [1.29, 1.82) is 0 Å². The van der Waals surface area contributed by atoms with E-state index in [-0.39, 0.29) is 13.2 Å². The molecule has 1 aromatic rings. The number of fused-ring (bicyclic) bond motifs is 6. The fraction of sp³-hybridized carbons (Fsp3) is 0.731. The van der Waals surface area contributed by atoms with Crippen LogP contribution < -0.4 is 0 Å². The molecule has 7 rings (SSSR count). The predicted octanol–water partition coefficient (Wildman–Crippen LogP) is 2.14. The van der Waals surface area contributed by atoms with Crippen molar-refractivity contribution in [3.8, 4) is 0 Å². The molecule has 12 heteroatoms. The van der Waals surface area contributed by atoms with E-state index < -0.39 is 85.4 Å². The van der Waals surface area contributed by atoms with Gasteiger partial charge < -0.3 is 52.1 Å². The summed E-state index contributed by atoms with van der Waals surface area (Å²) < 4.78 is 66.0. The Morgan fingerprint density at radius 1 is 0.789 bits per heavy atom. The molecule has 0 radical (unpaired) electrons. The average molecular weight is 537 g/mol. The maximum Gasteiger partial charge on any atom is 0.509 e. The summed E-state index contributed by atoms with van der Waals surface area (Å²) in [5.74, 6) is -1.66. The van der Waals surface area contributed by atoms with Crippen LogP contribution in [-0.2, 0) is 52.1 Å². The Morgan fingerprint density at radius 3 is 2.32 bits per heavy atom. The van der Waals surface area contributed by atoms with Crippen LogP contribution in [0.1, 0.15) is 39.5 Å². The van der Waals surface area contributed by atoms with Gasteiger partial charge in [0.15, 0.2) is 42.7 Å². The minimum atomic E-state index is -0.930. The molecule has 0 bridgehead atoms. The van der Waals surface area contributed by atoms with Gasteiger partial charge in [-0.3, -0.25) is 0 Å². The van der Waals surface area contributed by atoms with Crippen molar-refractivity contribution in [3.05, 3.63) is 35.9 Å². The van der Waals surface area contributed by atoms with Crippen LogP contribution in [0.5, 0.6) is 0 Å². The minimum absolute atomic E-state index is 0.0603. The van der Waals surface area contributed by atoms with Crippen LogP contribution in [0, 0.1) is 0 Å². The second-order valence-corrected chi connectivity index (χ2v) is 11.2. The lowest BCUT2D eigenvalue weighted by atomic mass is 9.97. The number of carbonyl (C=O) groups is 1. The lowest BCUT2D eigenvalue weighted by molar-refractivity contribution is -0.351. The maximum absolute atomic E-state index is 12.2. The summed E-state index contributed by atoms with van der Waals surface area (Å²) in [5.41, 5.74) is 0.858. The monoisotopic (exact) mass is 536 g/mol. The quantitative estimate of drug-likeness (QED) is 0.525. The summed E-state index contributed by atoms with van der Waals surface area (Å²) in [6, 6.07) is 9.54. The lowest BCUT2D eigenvalue weighted by Gasteiger charge is -2.45. The third-order valence-corrected chi connectivity index (χ3v) is 7.50. The predicted molar refractivity (Wildman–Crippen MR) is 122 cm³/mol. The summed E-state index contributed by atoms with van der Waals surface area (Å²) >= 11 is 0. The Labute approximate surface area is 219 Å². The molecular weight excluding hydrogens is 504 g/mol. The number of rotatable bonds is 4. The number of benzene rings is 1. The highest BCUT2D eigenvalue weighted by Crippen LogP contribution is 2.45. The molecule has 6 aliphatic heterocycles. The van der Waals surface area contributed by atoms with E-state index in [2.05, 4.69) is 0 Å². The molecule has 208 valence electrons. The first-order valence-electron chi connectivity index (χ1n) is 13.0. The fourth-order valence-corrected chi connectivity index (χ4v) is 5.99. The summed E-state index contributed by atoms with van der Waals surface area (Å²) in [5, 5.41) is 0. The van der Waals surface area contributed by atoms with Gasteiger partial charge in [0.1, 0.15) is 36.6 Å². The molecule has 0 spiro atoms. The summed E-state index contributed by atoms with van der Waals surface area (Å²) in [6.45, 7) is 7.63. The highest BCUT2D eigenvalue weighted by molar-refractivity contribution is 5.63. The molecule has 0 unspecified atom stereocenters. The van der Waals surface area contributed by atoms with Gasteiger partial charge in [-0.05, 0) is 27.7 Å². The molecule has 0 N–H and O–H groups in total. The van der Waals surface area contributed by atoms with Gasteiger partial charge in [-0.2, -0.15) is 0 Å². The first kappa shape index (κ1) is 25.1. The molecule has 38 heavy (non-hydrogen) atoms. The molecule has 0 saturated carbocycles. The second kappa shape index (κ2) is 9.08. The van der Waals surface area contributed by atoms with Gasteiger partial charge in [0, 0.05) is 5.56 Å². The van der Waals surface area contributed by atoms with Crippen molar-refractivity contribution in [3.63, 3.8) is 0 Å². The molecule has 6 heterocycles. The van der Waals surface area contributed by atoms with E-state index in [1.807, 2.05) is 58.0 Å². The highest BCUT2D eigenvalue weighted by Gasteiger charge is 2.62. The van der Waals surface area contributed by atoms with Crippen molar-refractivity contribution in [1.82, 2.24) is 0 Å². The van der Waals surface area contributed by atoms with E-state index in [9.17, 15) is 4.79 Å². The smallest absolute Gasteiger partial charge is 0.424 e. The van der Waals surface area contributed by atoms with Gasteiger partial charge in [0.25, 0.3) is 0 Å². The molecule has 6 aliphatic rings. The first-order chi connectivity index (χ1) is 18.2. The SMILES string of the molecule is CC1(C)O[C@H]2[C@@H](O1)[C@@H](CO[C@H]1O[C@@H]3CO[C@@H](c4ccccc4)O[C@H]3[C@@H]3OC(=O)O[C@H]13)O[C@@H]1OC(C)(C)O[C@@H]12. The lowest BCUT2D eigenvalue weighted by Crippen LogP contribution is -2.62. The molecular formula is C26H32O12. The summed E-state index contributed by atoms with van der Waals surface area (Å²) in [4.78, 5) is 12.2. The van der Waals surface area contributed by atoms with Crippen molar-refractivity contribution < 1.29 is 56.9 Å². The van der Waals surface area contributed by atoms with Crippen LogP contribution in [0.3, 0.4) is 0 Å². The maximum atomic E-state index is 12.2. The zero-order valence-electron chi connectivity index (χ0n) is 21.6. The van der Waals surface area contributed by atoms with Gasteiger partial charge in [-0.15, -0.1) is 0 Å². The highest BCUT2D eigenvalue weighted by atomic mass is 16.9. The molecule has 11 atom stereocenters. The molecule has 6 fully saturated rings. The van der Waals surface area contributed by atoms with E-state index in [1.165, 1.54) is 0 Å². The topological polar surface area (TPSA) is 119 Å². The van der Waals surface area contributed by atoms with Crippen LogP contribution >= 0.6 is 0 Å². The van der Waals surface area contributed by atoms with Crippen LogP contribution in [0.2, 0.25) is 0 Å². The summed E-state index contributed by atoms with van der Waals surface area (Å²) in [6.07, 6.45) is -7.52. The fourth-order valence-electron chi connectivity index (χ4n) is 5.99. The van der Waals surface area contributed by atoms with Gasteiger partial charge in [0.05, 0.1) is 13.2 Å². The standard InChI is InChI=1S/C26H32O12/c1-25(2)35-16-14(31-23-20(18(16)36-25)37-26(3,4)38-23)11-29-22-19-17(33-24(27)34-19)15-13(30-22)10-28-21(32-15)12-8-6-5-7-9-12/h5-9,13-23H,10-11H2,1-4H3/t13-,14-,15-,16+,17+,18+,19+,20-,21-,22+,23-/m1/s1. The number of carbonyl (C=O) groups excluding carboxylic acids is 1. The third kappa shape index (κ3) is 4.41. The zero-order chi connectivity index (χ0) is 26.2. The van der Waals surface area contributed by atoms with Crippen LogP contribution in [0.15, 0.2) is 30.3 Å². The Hall–Kier alpha value is -1.87. The van der Waals surface area contributed by atoms with Gasteiger partial charge >= 0.3 is 6.16 Å². The Balaban J connectivity index is 1.06. The molecule has 1 aromatic carbocycles. The van der Waals surface area contributed by atoms with Gasteiger partial charge in [0.2, 0.25) is 0 Å². The van der Waals surface area contributed by atoms with Crippen molar-refractivity contribution >= 4 is 6.16 Å². The van der Waals surface area contributed by atoms with Crippen molar-refractivity contribution in [2.75, 3.05) is 13.2 Å². The Morgan fingerprint density at radius 2 is 1.50 bits per heavy atom. The first-order valence-corrected chi connectivity index (χ1v) is 13.0. The number of ether oxygens (including phenoxy) is 11. The molecule has 0 amide bonds. The van der Waals surface area contributed by atoms with Crippen LogP contribution in [-0.4, -0.2) is 92.4 Å². The Kier molecular flexibility index (Phi) is 6.00. The zero-order valence-corrected chi connectivity index (χ0v) is 21.6. The van der Waals surface area contributed by atoms with Crippen molar-refractivity contribution in [2.24, 2.45) is 0 Å². The van der Waals surface area contributed by atoms with E-state index in [1.54, 1.807) is 0 Å². The van der Waals surface area contributed by atoms with Gasteiger partial charge in [-0.1, -0.05) is 30.3 Å². The molecule has 12 nitrogen and oxygen atoms in total. The largest absolute Gasteiger partial charge is 0.509 e. The van der Waals surface area contributed by atoms with E-state index in [4.69, 9.17) is 52.1 Å². The molecule has 6 saturated heterocycles. The Bertz CT molecular complexity index is 1050. The van der Waals surface area contributed by atoms with E-state index >= 15 is 0 Å². The minimum Gasteiger partial charge on any atom is -0.424 e. The van der Waals surface area contributed by atoms with Crippen LogP contribution in [0.25, 0.3) is 0 Å².